The Morgan fingerprint density at radius 1 is 0.824 bits per heavy atom. The first kappa shape index (κ1) is 9.00. The van der Waals surface area contributed by atoms with Crippen LogP contribution < -0.4 is 0 Å². The Labute approximate surface area is 103 Å². The zero-order chi connectivity index (χ0) is 12.4. The second-order valence-corrected chi connectivity index (χ2v) is 4.23. The van der Waals surface area contributed by atoms with Crippen molar-refractivity contribution in [1.82, 2.24) is 0 Å². The third-order valence-electron chi connectivity index (χ3n) is 3.19. The maximum Gasteiger partial charge on any atom is 0.0535 e. The first-order valence-corrected chi connectivity index (χ1v) is 5.82. The van der Waals surface area contributed by atoms with Gasteiger partial charge >= 0.3 is 0 Å². The fourth-order valence-electron chi connectivity index (χ4n) is 2.34. The van der Waals surface area contributed by atoms with Crippen molar-refractivity contribution in [2.45, 2.75) is 0 Å². The predicted octanol–water partition coefficient (Wildman–Crippen LogP) is 4.41. The molecule has 0 saturated heterocycles. The number of allylic oxidation sites excluding steroid dienone is 3. The van der Waals surface area contributed by atoms with Crippen LogP contribution in [0.15, 0.2) is 73.3 Å². The topological polar surface area (TPSA) is 0 Å². The summed E-state index contributed by atoms with van der Waals surface area (Å²) in [5.41, 5.74) is 5.23. The van der Waals surface area contributed by atoms with Gasteiger partial charge in [0.25, 0.3) is 0 Å². The summed E-state index contributed by atoms with van der Waals surface area (Å²) in [6.07, 6.45) is 1.95. The van der Waals surface area contributed by atoms with Gasteiger partial charge in [-0.25, -0.2) is 0 Å². The van der Waals surface area contributed by atoms with E-state index in [2.05, 4.69) is 48.5 Å². The van der Waals surface area contributed by atoms with Gasteiger partial charge in [0.05, 0.1) is 1.37 Å². The molecule has 2 aromatic rings. The molecule has 0 unspecified atom stereocenters. The summed E-state index contributed by atoms with van der Waals surface area (Å²) >= 11 is 0. The highest BCUT2D eigenvalue weighted by Crippen LogP contribution is 2.53. The molecule has 2 aromatic carbocycles. The molecular formula is C17H14. The molecule has 0 heterocycles. The summed E-state index contributed by atoms with van der Waals surface area (Å²) < 4.78 is 7.27. The van der Waals surface area contributed by atoms with Crippen molar-refractivity contribution in [3.8, 4) is 0 Å². The third kappa shape index (κ3) is 1.72. The van der Waals surface area contributed by atoms with Crippen molar-refractivity contribution in [2.24, 2.45) is 5.92 Å². The fourth-order valence-corrected chi connectivity index (χ4v) is 2.34. The van der Waals surface area contributed by atoms with Crippen LogP contribution in [0.1, 0.15) is 12.5 Å². The Morgan fingerprint density at radius 2 is 1.29 bits per heavy atom. The van der Waals surface area contributed by atoms with Crippen LogP contribution in [0.3, 0.4) is 0 Å². The summed E-state index contributed by atoms with van der Waals surface area (Å²) in [6, 6.07) is 20.8. The summed E-state index contributed by atoms with van der Waals surface area (Å²) in [5, 5.41) is 0. The largest absolute Gasteiger partial charge is 0.102 e. The lowest BCUT2D eigenvalue weighted by atomic mass is 10.1. The van der Waals surface area contributed by atoms with E-state index < -0.39 is 0 Å². The standard InChI is InChI=1S/C17H14/c1-2-15-16(13-9-5-3-6-10-13)17(15)14-11-7-4-8-12-14/h2-12,15H,1H2/i1D. The zero-order valence-electron chi connectivity index (χ0n) is 10.5. The molecule has 0 spiro atoms. The Morgan fingerprint density at radius 3 is 1.71 bits per heavy atom. The van der Waals surface area contributed by atoms with Gasteiger partial charge in [0.15, 0.2) is 0 Å². The molecule has 0 radical (unpaired) electrons. The van der Waals surface area contributed by atoms with Gasteiger partial charge in [-0.2, -0.15) is 0 Å². The molecule has 0 aromatic heterocycles. The third-order valence-corrected chi connectivity index (χ3v) is 3.19. The van der Waals surface area contributed by atoms with E-state index in [-0.39, 0.29) is 0 Å². The van der Waals surface area contributed by atoms with Crippen LogP contribution >= 0.6 is 0 Å². The van der Waals surface area contributed by atoms with Crippen molar-refractivity contribution in [2.75, 3.05) is 0 Å². The summed E-state index contributed by atoms with van der Waals surface area (Å²) in [6.45, 7) is 1.39. The molecule has 0 amide bonds. The maximum atomic E-state index is 7.27. The first-order chi connectivity index (χ1) is 8.92. The van der Waals surface area contributed by atoms with E-state index in [4.69, 9.17) is 1.37 Å². The lowest BCUT2D eigenvalue weighted by Crippen LogP contribution is -1.77. The molecule has 82 valence electrons. The lowest BCUT2D eigenvalue weighted by molar-refractivity contribution is 1.28. The average molecular weight is 219 g/mol. The predicted molar refractivity (Wildman–Crippen MR) is 73.4 cm³/mol. The monoisotopic (exact) mass is 219 g/mol. The lowest BCUT2D eigenvalue weighted by Gasteiger charge is -1.93. The van der Waals surface area contributed by atoms with Gasteiger partial charge in [-0.05, 0) is 22.3 Å². The molecule has 0 fully saturated rings. The van der Waals surface area contributed by atoms with Gasteiger partial charge in [-0.1, -0.05) is 66.7 Å². The molecule has 0 atom stereocenters. The van der Waals surface area contributed by atoms with E-state index in [1.165, 1.54) is 28.8 Å². The molecule has 0 N–H and O–H groups in total. The van der Waals surface area contributed by atoms with Crippen LogP contribution in [0.25, 0.3) is 11.1 Å². The Hall–Kier alpha value is -2.08. The molecule has 0 bridgehead atoms. The number of rotatable bonds is 3. The summed E-state index contributed by atoms with van der Waals surface area (Å²) in [7, 11) is 0. The highest BCUT2D eigenvalue weighted by molar-refractivity contribution is 6.11. The van der Waals surface area contributed by atoms with Crippen LogP contribution in [-0.4, -0.2) is 0 Å². The Kier molecular flexibility index (Phi) is 2.15. The van der Waals surface area contributed by atoms with Gasteiger partial charge in [0.1, 0.15) is 0 Å². The van der Waals surface area contributed by atoms with Crippen LogP contribution in [0.4, 0.5) is 0 Å². The summed E-state index contributed by atoms with van der Waals surface area (Å²) in [5.74, 6) is 0.312. The average Bonchev–Trinajstić information content (AvgIpc) is 3.15. The van der Waals surface area contributed by atoms with E-state index in [0.717, 1.165) is 0 Å². The first-order valence-electron chi connectivity index (χ1n) is 6.39. The fraction of sp³-hybridized carbons (Fsp3) is 0.0588. The number of benzene rings is 2. The molecule has 0 heteroatoms. The van der Waals surface area contributed by atoms with E-state index >= 15 is 0 Å². The number of hydrogen-bond donors (Lipinski definition) is 0. The van der Waals surface area contributed by atoms with Gasteiger partial charge in [-0.15, -0.1) is 6.55 Å². The molecule has 0 saturated carbocycles. The van der Waals surface area contributed by atoms with Gasteiger partial charge in [-0.3, -0.25) is 0 Å². The highest BCUT2D eigenvalue weighted by Gasteiger charge is 2.35. The minimum atomic E-state index is 0.312. The quantitative estimate of drug-likeness (QED) is 0.671. The normalized spacial score (nSPS) is 16.4. The van der Waals surface area contributed by atoms with Crippen LogP contribution in [-0.2, 0) is 0 Å². The van der Waals surface area contributed by atoms with E-state index in [1.54, 1.807) is 0 Å². The minimum absolute atomic E-state index is 0.312. The van der Waals surface area contributed by atoms with Gasteiger partial charge < -0.3 is 0 Å². The number of hydrogen-bond acceptors (Lipinski definition) is 0. The van der Waals surface area contributed by atoms with Crippen molar-refractivity contribution in [3.63, 3.8) is 0 Å². The van der Waals surface area contributed by atoms with E-state index in [0.29, 0.717) is 5.92 Å². The van der Waals surface area contributed by atoms with Gasteiger partial charge in [0.2, 0.25) is 0 Å². The second-order valence-electron chi connectivity index (χ2n) is 4.23. The Balaban J connectivity index is 2.02. The molecule has 17 heavy (non-hydrogen) atoms. The molecule has 0 aliphatic heterocycles. The van der Waals surface area contributed by atoms with Crippen molar-refractivity contribution < 1.29 is 1.37 Å². The second kappa shape index (κ2) is 4.06. The minimum Gasteiger partial charge on any atom is -0.102 e. The molecule has 0 nitrogen and oxygen atoms in total. The maximum absolute atomic E-state index is 7.27. The van der Waals surface area contributed by atoms with E-state index in [9.17, 15) is 0 Å². The van der Waals surface area contributed by atoms with Crippen LogP contribution in [0.5, 0.6) is 0 Å². The van der Waals surface area contributed by atoms with Crippen molar-refractivity contribution in [1.29, 1.82) is 0 Å². The smallest absolute Gasteiger partial charge is 0.0535 e. The van der Waals surface area contributed by atoms with Crippen LogP contribution in [0, 0.1) is 5.92 Å². The molecule has 1 aliphatic carbocycles. The zero-order valence-corrected chi connectivity index (χ0v) is 9.51. The van der Waals surface area contributed by atoms with E-state index in [1.807, 2.05) is 18.2 Å². The summed E-state index contributed by atoms with van der Waals surface area (Å²) in [4.78, 5) is 0. The SMILES string of the molecule is [2H]C=CC1C(c2ccccc2)=C1c1ccccc1. The van der Waals surface area contributed by atoms with Crippen molar-refractivity contribution in [3.05, 3.63) is 84.4 Å². The van der Waals surface area contributed by atoms with Crippen LogP contribution in [0.2, 0.25) is 0 Å². The highest BCUT2D eigenvalue weighted by atomic mass is 14.4. The molecule has 3 rings (SSSR count). The molecular weight excluding hydrogens is 204 g/mol. The van der Waals surface area contributed by atoms with Crippen molar-refractivity contribution >= 4 is 11.1 Å². The van der Waals surface area contributed by atoms with Gasteiger partial charge in [0, 0.05) is 5.92 Å². The molecule has 1 aliphatic rings. The Bertz CT molecular complexity index is 545.